The zero-order valence-electron chi connectivity index (χ0n) is 20.3. The molecule has 0 saturated carbocycles. The summed E-state index contributed by atoms with van der Waals surface area (Å²) in [5.74, 6) is 1.86. The summed E-state index contributed by atoms with van der Waals surface area (Å²) >= 11 is 0. The molecule has 5 rings (SSSR count). The van der Waals surface area contributed by atoms with Crippen molar-refractivity contribution in [2.24, 2.45) is 0 Å². The van der Waals surface area contributed by atoms with Crippen LogP contribution in [0.3, 0.4) is 0 Å². The Balaban J connectivity index is 1.29. The summed E-state index contributed by atoms with van der Waals surface area (Å²) < 4.78 is 22.2. The third kappa shape index (κ3) is 4.96. The van der Waals surface area contributed by atoms with Gasteiger partial charge in [0.05, 0.1) is 24.7 Å². The number of carbonyl (C=O) groups excluding carboxylic acids is 1. The number of hydrogen-bond donors (Lipinski definition) is 1. The zero-order chi connectivity index (χ0) is 26.6. The van der Waals surface area contributed by atoms with Crippen LogP contribution in [0.1, 0.15) is 5.76 Å². The Morgan fingerprint density at radius 2 is 1.79 bits per heavy atom. The fourth-order valence-electron chi connectivity index (χ4n) is 3.87. The number of ether oxygens (including phenoxy) is 2. The highest BCUT2D eigenvalue weighted by Crippen LogP contribution is 2.34. The molecule has 5 aromatic rings. The van der Waals surface area contributed by atoms with Gasteiger partial charge >= 0.3 is 0 Å². The second-order valence-electron chi connectivity index (χ2n) is 8.07. The number of aromatic nitrogens is 1. The topological polar surface area (TPSA) is 130 Å². The largest absolute Gasteiger partial charge is 0.493 e. The van der Waals surface area contributed by atoms with E-state index < -0.39 is 10.8 Å². The molecule has 1 N–H and O–H groups in total. The Bertz CT molecular complexity index is 1680. The average molecular weight is 511 g/mol. The summed E-state index contributed by atoms with van der Waals surface area (Å²) in [4.78, 5) is 27.8. The Morgan fingerprint density at radius 1 is 0.974 bits per heavy atom. The first-order valence-corrected chi connectivity index (χ1v) is 11.4. The minimum atomic E-state index is -0.469. The summed E-state index contributed by atoms with van der Waals surface area (Å²) in [6.07, 6.45) is 2.79. The molecule has 0 aliphatic rings. The van der Waals surface area contributed by atoms with Gasteiger partial charge in [-0.2, -0.15) is 0 Å². The SMILES string of the molecule is COc1ccc(-c2nc3cc(NC(=O)/C=C/c4ccc(-c5ccccc5[N+](=O)[O-])o4)ccc3o2)cc1OC. The lowest BCUT2D eigenvalue weighted by molar-refractivity contribution is -0.384. The van der Waals surface area contributed by atoms with Gasteiger partial charge in [-0.1, -0.05) is 12.1 Å². The third-order valence-corrected chi connectivity index (χ3v) is 5.68. The standard InChI is InChI=1S/C28H21N3O7/c1-35-25-11-7-17(15-26(25)36-2)28-30-21-16-18(8-12-24(21)38-28)29-27(32)14-10-19-9-13-23(37-19)20-5-3-4-6-22(20)31(33)34/h3-16H,1-2H3,(H,29,32)/b14-10+. The van der Waals surface area contributed by atoms with E-state index in [1.807, 2.05) is 6.07 Å². The van der Waals surface area contributed by atoms with E-state index in [9.17, 15) is 14.9 Å². The fraction of sp³-hybridized carbons (Fsp3) is 0.0714. The van der Waals surface area contributed by atoms with Gasteiger partial charge in [0.25, 0.3) is 5.69 Å². The van der Waals surface area contributed by atoms with Crippen molar-refractivity contribution in [3.05, 3.63) is 94.7 Å². The molecule has 0 spiro atoms. The number of nitro benzene ring substituents is 1. The van der Waals surface area contributed by atoms with Crippen molar-refractivity contribution in [3.63, 3.8) is 0 Å². The zero-order valence-corrected chi connectivity index (χ0v) is 20.3. The van der Waals surface area contributed by atoms with Crippen molar-refractivity contribution in [1.29, 1.82) is 0 Å². The number of para-hydroxylation sites is 1. The Hall–Kier alpha value is -5.38. The normalized spacial score (nSPS) is 11.1. The summed E-state index contributed by atoms with van der Waals surface area (Å²) in [6.45, 7) is 0. The minimum Gasteiger partial charge on any atom is -0.493 e. The summed E-state index contributed by atoms with van der Waals surface area (Å²) in [5, 5.41) is 14.0. The van der Waals surface area contributed by atoms with Crippen molar-refractivity contribution in [3.8, 4) is 34.3 Å². The van der Waals surface area contributed by atoms with E-state index in [0.717, 1.165) is 0 Å². The molecule has 3 aromatic carbocycles. The van der Waals surface area contributed by atoms with Crippen LogP contribution >= 0.6 is 0 Å². The average Bonchev–Trinajstić information content (AvgIpc) is 3.58. The molecule has 0 unspecified atom stereocenters. The maximum absolute atomic E-state index is 12.5. The fourth-order valence-corrected chi connectivity index (χ4v) is 3.87. The molecule has 0 aliphatic heterocycles. The number of carbonyl (C=O) groups is 1. The van der Waals surface area contributed by atoms with Gasteiger partial charge in [0.1, 0.15) is 17.0 Å². The smallest absolute Gasteiger partial charge is 0.280 e. The van der Waals surface area contributed by atoms with Crippen LogP contribution in [0, 0.1) is 10.1 Å². The molecule has 190 valence electrons. The van der Waals surface area contributed by atoms with Crippen LogP contribution in [0.4, 0.5) is 11.4 Å². The Labute approximate surface area is 216 Å². The number of anilines is 1. The summed E-state index contributed by atoms with van der Waals surface area (Å²) in [5.41, 5.74) is 2.66. The number of nitrogens with zero attached hydrogens (tertiary/aromatic N) is 2. The number of methoxy groups -OCH3 is 2. The monoisotopic (exact) mass is 511 g/mol. The van der Waals surface area contributed by atoms with Crippen molar-refractivity contribution < 1.29 is 28.0 Å². The molecule has 10 heteroatoms. The second-order valence-corrected chi connectivity index (χ2v) is 8.07. The number of hydrogen-bond acceptors (Lipinski definition) is 8. The Morgan fingerprint density at radius 3 is 2.58 bits per heavy atom. The van der Waals surface area contributed by atoms with E-state index in [0.29, 0.717) is 56.8 Å². The van der Waals surface area contributed by atoms with Crippen molar-refractivity contribution in [1.82, 2.24) is 4.98 Å². The predicted octanol–water partition coefficient (Wildman–Crippen LogP) is 6.33. The number of oxazole rings is 1. The lowest BCUT2D eigenvalue weighted by atomic mass is 10.1. The van der Waals surface area contributed by atoms with Crippen LogP contribution in [0.2, 0.25) is 0 Å². The van der Waals surface area contributed by atoms with E-state index in [-0.39, 0.29) is 5.69 Å². The number of furan rings is 1. The second kappa shape index (κ2) is 10.3. The van der Waals surface area contributed by atoms with E-state index in [4.69, 9.17) is 18.3 Å². The molecule has 2 heterocycles. The van der Waals surface area contributed by atoms with Crippen LogP contribution in [0.25, 0.3) is 40.0 Å². The van der Waals surface area contributed by atoms with E-state index in [1.54, 1.807) is 74.9 Å². The van der Waals surface area contributed by atoms with Crippen molar-refractivity contribution >= 4 is 34.5 Å². The van der Waals surface area contributed by atoms with Crippen molar-refractivity contribution in [2.45, 2.75) is 0 Å². The Kier molecular flexibility index (Phi) is 6.60. The number of nitro groups is 1. The highest BCUT2D eigenvalue weighted by molar-refractivity contribution is 6.02. The number of rotatable bonds is 8. The van der Waals surface area contributed by atoms with E-state index in [2.05, 4.69) is 10.3 Å². The molecule has 0 fully saturated rings. The minimum absolute atomic E-state index is 0.0624. The van der Waals surface area contributed by atoms with Crippen LogP contribution in [-0.4, -0.2) is 30.0 Å². The quantitative estimate of drug-likeness (QED) is 0.145. The van der Waals surface area contributed by atoms with Gasteiger partial charge in [-0.15, -0.1) is 0 Å². The number of benzene rings is 3. The van der Waals surface area contributed by atoms with Gasteiger partial charge in [0.2, 0.25) is 11.8 Å². The van der Waals surface area contributed by atoms with Crippen LogP contribution < -0.4 is 14.8 Å². The van der Waals surface area contributed by atoms with E-state index >= 15 is 0 Å². The predicted molar refractivity (Wildman–Crippen MR) is 141 cm³/mol. The summed E-state index contributed by atoms with van der Waals surface area (Å²) in [6, 6.07) is 20.0. The molecular formula is C28H21N3O7. The first kappa shape index (κ1) is 24.3. The molecule has 0 radical (unpaired) electrons. The molecule has 10 nitrogen and oxygen atoms in total. The molecule has 0 bridgehead atoms. The molecule has 0 aliphatic carbocycles. The van der Waals surface area contributed by atoms with Crippen LogP contribution in [0.5, 0.6) is 11.5 Å². The molecule has 2 aromatic heterocycles. The number of amides is 1. The third-order valence-electron chi connectivity index (χ3n) is 5.68. The number of nitrogens with one attached hydrogen (secondary N) is 1. The lowest BCUT2D eigenvalue weighted by Gasteiger charge is -2.07. The molecule has 1 amide bonds. The van der Waals surface area contributed by atoms with Crippen LogP contribution in [0.15, 0.2) is 87.7 Å². The molecule has 0 saturated heterocycles. The van der Waals surface area contributed by atoms with Gasteiger partial charge in [-0.3, -0.25) is 14.9 Å². The highest BCUT2D eigenvalue weighted by atomic mass is 16.6. The van der Waals surface area contributed by atoms with Gasteiger partial charge < -0.3 is 23.6 Å². The number of fused-ring (bicyclic) bond motifs is 1. The van der Waals surface area contributed by atoms with Crippen molar-refractivity contribution in [2.75, 3.05) is 19.5 Å². The lowest BCUT2D eigenvalue weighted by Crippen LogP contribution is -2.07. The first-order valence-electron chi connectivity index (χ1n) is 11.4. The van der Waals surface area contributed by atoms with Gasteiger partial charge in [0, 0.05) is 23.4 Å². The maximum Gasteiger partial charge on any atom is 0.280 e. The first-order chi connectivity index (χ1) is 18.4. The van der Waals surface area contributed by atoms with Gasteiger partial charge in [-0.25, -0.2) is 4.98 Å². The molecule has 38 heavy (non-hydrogen) atoms. The highest BCUT2D eigenvalue weighted by Gasteiger charge is 2.17. The van der Waals surface area contributed by atoms with E-state index in [1.165, 1.54) is 18.2 Å². The molecule has 0 atom stereocenters. The maximum atomic E-state index is 12.5. The van der Waals surface area contributed by atoms with Gasteiger partial charge in [0.15, 0.2) is 17.1 Å². The molecular weight excluding hydrogens is 490 g/mol. The van der Waals surface area contributed by atoms with Crippen LogP contribution in [-0.2, 0) is 4.79 Å². The van der Waals surface area contributed by atoms with Gasteiger partial charge in [-0.05, 0) is 60.7 Å². The summed E-state index contributed by atoms with van der Waals surface area (Å²) in [7, 11) is 3.11.